The number of amides is 1. The van der Waals surface area contributed by atoms with E-state index in [2.05, 4.69) is 33.1 Å². The molecule has 3 aliphatic rings. The number of aromatic nitrogens is 1. The zero-order valence-electron chi connectivity index (χ0n) is 18.5. The van der Waals surface area contributed by atoms with E-state index in [-0.39, 0.29) is 5.91 Å². The van der Waals surface area contributed by atoms with Crippen molar-refractivity contribution in [2.45, 2.75) is 24.8 Å². The zero-order valence-corrected chi connectivity index (χ0v) is 18.5. The second-order valence-corrected chi connectivity index (χ2v) is 9.32. The van der Waals surface area contributed by atoms with Gasteiger partial charge in [0, 0.05) is 45.4 Å². The molecule has 1 amide bonds. The van der Waals surface area contributed by atoms with E-state index in [9.17, 15) is 10.1 Å². The lowest BCUT2D eigenvalue weighted by molar-refractivity contribution is 0.00214. The molecule has 1 heterocycles. The van der Waals surface area contributed by atoms with Crippen LogP contribution in [0.1, 0.15) is 35.2 Å². The maximum absolute atomic E-state index is 12.8. The normalized spacial score (nSPS) is 19.9. The number of pyridine rings is 1. The smallest absolute Gasteiger partial charge is 0.255 e. The Kier molecular flexibility index (Phi) is 4.70. The van der Waals surface area contributed by atoms with Crippen LogP contribution >= 0.6 is 0 Å². The van der Waals surface area contributed by atoms with Crippen LogP contribution in [0.4, 0.5) is 22.7 Å². The third kappa shape index (κ3) is 3.71. The van der Waals surface area contributed by atoms with Gasteiger partial charge < -0.3 is 16.0 Å². The van der Waals surface area contributed by atoms with Crippen LogP contribution in [0.25, 0.3) is 10.9 Å². The summed E-state index contributed by atoms with van der Waals surface area (Å²) in [5.74, 6) is 0.766. The third-order valence-electron chi connectivity index (χ3n) is 6.86. The minimum absolute atomic E-state index is 0.151. The average Bonchev–Trinajstić information content (AvgIpc) is 2.81. The van der Waals surface area contributed by atoms with Gasteiger partial charge in [0.1, 0.15) is 0 Å². The van der Waals surface area contributed by atoms with Gasteiger partial charge in [-0.05, 0) is 91.9 Å². The van der Waals surface area contributed by atoms with Crippen molar-refractivity contribution in [1.82, 2.24) is 4.98 Å². The van der Waals surface area contributed by atoms with Gasteiger partial charge in [0.25, 0.3) is 5.91 Å². The number of hydrogen-bond donors (Lipinski definition) is 3. The molecule has 34 heavy (non-hydrogen) atoms. The Morgan fingerprint density at radius 2 is 1.74 bits per heavy atom. The number of hydrogen-bond acceptors (Lipinski definition) is 5. The van der Waals surface area contributed by atoms with Gasteiger partial charge in [0.05, 0.1) is 17.1 Å². The summed E-state index contributed by atoms with van der Waals surface area (Å²) >= 11 is 0. The highest BCUT2D eigenvalue weighted by Gasteiger charge is 2.56. The SMILES string of the molecule is N#Cc1ccc2nccc(Nc3ccc(C(=O)Nc4cccc(NC56CC(C5)C6)c4)cc3)c2c1. The topological polar surface area (TPSA) is 89.8 Å². The first kappa shape index (κ1) is 20.3. The molecule has 3 N–H and O–H groups in total. The van der Waals surface area contributed by atoms with Crippen LogP contribution in [0.15, 0.2) is 79.0 Å². The first-order chi connectivity index (χ1) is 16.6. The number of rotatable bonds is 6. The maximum Gasteiger partial charge on any atom is 0.255 e. The van der Waals surface area contributed by atoms with Crippen molar-refractivity contribution in [3.63, 3.8) is 0 Å². The Morgan fingerprint density at radius 3 is 2.47 bits per heavy atom. The van der Waals surface area contributed by atoms with Gasteiger partial charge in [0.15, 0.2) is 0 Å². The molecular formula is C28H23N5O. The van der Waals surface area contributed by atoms with Crippen LogP contribution in [-0.2, 0) is 0 Å². The maximum atomic E-state index is 12.8. The van der Waals surface area contributed by atoms with E-state index in [1.165, 1.54) is 19.3 Å². The van der Waals surface area contributed by atoms with Gasteiger partial charge in [0.2, 0.25) is 0 Å². The Labute approximate surface area is 197 Å². The summed E-state index contributed by atoms with van der Waals surface area (Å²) in [6.07, 6.45) is 5.52. The third-order valence-corrected chi connectivity index (χ3v) is 6.86. The predicted octanol–water partition coefficient (Wildman–Crippen LogP) is 6.07. The lowest BCUT2D eigenvalue weighted by Gasteiger charge is -2.62. The summed E-state index contributed by atoms with van der Waals surface area (Å²) in [6.45, 7) is 0. The van der Waals surface area contributed by atoms with E-state index < -0.39 is 0 Å². The molecule has 7 rings (SSSR count). The predicted molar refractivity (Wildman–Crippen MR) is 134 cm³/mol. The van der Waals surface area contributed by atoms with E-state index >= 15 is 0 Å². The summed E-state index contributed by atoms with van der Waals surface area (Å²) < 4.78 is 0. The van der Waals surface area contributed by atoms with Crippen LogP contribution < -0.4 is 16.0 Å². The quantitative estimate of drug-likeness (QED) is 0.335. The fourth-order valence-corrected chi connectivity index (χ4v) is 5.00. The van der Waals surface area contributed by atoms with Crippen molar-refractivity contribution >= 4 is 39.6 Å². The molecule has 0 radical (unpaired) electrons. The standard InChI is InChI=1S/C28H23N5O/c29-17-18-4-9-25-24(12-18)26(10-11-30-25)31-21-7-5-20(6-8-21)27(34)32-22-2-1-3-23(13-22)33-28-14-19(15-28)16-28/h1-13,19,33H,14-16H2,(H,30,31)(H,32,34). The van der Waals surface area contributed by atoms with Crippen LogP contribution in [0.2, 0.25) is 0 Å². The monoisotopic (exact) mass is 445 g/mol. The number of nitrogens with one attached hydrogen (secondary N) is 3. The number of fused-ring (bicyclic) bond motifs is 1. The van der Waals surface area contributed by atoms with Crippen molar-refractivity contribution in [3.05, 3.63) is 90.1 Å². The molecule has 0 spiro atoms. The molecule has 3 aromatic carbocycles. The molecule has 0 atom stereocenters. The van der Waals surface area contributed by atoms with Crippen LogP contribution in [0.3, 0.4) is 0 Å². The first-order valence-corrected chi connectivity index (χ1v) is 11.4. The summed E-state index contributed by atoms with van der Waals surface area (Å²) in [7, 11) is 0. The first-order valence-electron chi connectivity index (χ1n) is 11.4. The summed E-state index contributed by atoms with van der Waals surface area (Å²) in [5, 5.41) is 20.1. The van der Waals surface area contributed by atoms with Crippen molar-refractivity contribution in [3.8, 4) is 6.07 Å². The fourth-order valence-electron chi connectivity index (χ4n) is 5.00. The lowest BCUT2D eigenvalue weighted by Crippen LogP contribution is -2.63. The lowest BCUT2D eigenvalue weighted by atomic mass is 9.50. The van der Waals surface area contributed by atoms with Gasteiger partial charge in [-0.3, -0.25) is 9.78 Å². The number of nitriles is 1. The van der Waals surface area contributed by atoms with E-state index in [0.717, 1.165) is 39.6 Å². The van der Waals surface area contributed by atoms with Gasteiger partial charge in [-0.15, -0.1) is 0 Å². The van der Waals surface area contributed by atoms with Crippen molar-refractivity contribution in [2.75, 3.05) is 16.0 Å². The van der Waals surface area contributed by atoms with Gasteiger partial charge in [-0.25, -0.2) is 0 Å². The number of carbonyl (C=O) groups is 1. The second-order valence-electron chi connectivity index (χ2n) is 9.32. The summed E-state index contributed by atoms with van der Waals surface area (Å²) in [4.78, 5) is 17.2. The van der Waals surface area contributed by atoms with Gasteiger partial charge in [-0.1, -0.05) is 6.07 Å². The summed E-state index contributed by atoms with van der Waals surface area (Å²) in [5.41, 5.74) is 5.80. The Hall–Kier alpha value is -4.37. The zero-order chi connectivity index (χ0) is 23.1. The Bertz CT molecular complexity index is 1440. The molecule has 3 aliphatic carbocycles. The number of anilines is 4. The van der Waals surface area contributed by atoms with Crippen LogP contribution in [0.5, 0.6) is 0 Å². The van der Waals surface area contributed by atoms with Gasteiger partial charge >= 0.3 is 0 Å². The molecule has 1 aromatic heterocycles. The molecule has 3 saturated carbocycles. The van der Waals surface area contributed by atoms with E-state index in [4.69, 9.17) is 0 Å². The molecule has 2 bridgehead atoms. The Balaban J connectivity index is 1.15. The molecular weight excluding hydrogens is 422 g/mol. The molecule has 166 valence electrons. The molecule has 6 heteroatoms. The fraction of sp³-hybridized carbons (Fsp3) is 0.179. The number of carbonyl (C=O) groups excluding carboxylic acids is 1. The van der Waals surface area contributed by atoms with Crippen LogP contribution in [0, 0.1) is 17.2 Å². The van der Waals surface area contributed by atoms with E-state index in [1.807, 2.05) is 48.5 Å². The average molecular weight is 446 g/mol. The molecule has 3 fully saturated rings. The van der Waals surface area contributed by atoms with E-state index in [0.29, 0.717) is 16.7 Å². The van der Waals surface area contributed by atoms with Crippen molar-refractivity contribution in [1.29, 1.82) is 5.26 Å². The highest BCUT2D eigenvalue weighted by Crippen LogP contribution is 2.58. The molecule has 6 nitrogen and oxygen atoms in total. The second kappa shape index (κ2) is 7.89. The molecule has 0 aliphatic heterocycles. The minimum atomic E-state index is -0.151. The largest absolute Gasteiger partial charge is 0.380 e. The minimum Gasteiger partial charge on any atom is -0.380 e. The number of benzene rings is 3. The van der Waals surface area contributed by atoms with Crippen LogP contribution in [-0.4, -0.2) is 16.4 Å². The molecule has 0 unspecified atom stereocenters. The Morgan fingerprint density at radius 1 is 0.941 bits per heavy atom. The van der Waals surface area contributed by atoms with Crippen molar-refractivity contribution < 1.29 is 4.79 Å². The van der Waals surface area contributed by atoms with Gasteiger partial charge in [-0.2, -0.15) is 5.26 Å². The molecule has 0 saturated heterocycles. The number of nitrogens with zero attached hydrogens (tertiary/aromatic N) is 2. The summed E-state index contributed by atoms with van der Waals surface area (Å²) in [6, 6.07) is 24.7. The van der Waals surface area contributed by atoms with Crippen molar-refractivity contribution in [2.24, 2.45) is 5.92 Å². The van der Waals surface area contributed by atoms with E-state index in [1.54, 1.807) is 24.4 Å². The highest BCUT2D eigenvalue weighted by molar-refractivity contribution is 6.04. The molecule has 4 aromatic rings. The highest BCUT2D eigenvalue weighted by atomic mass is 16.1.